The number of methoxy groups -OCH3 is 2. The lowest BCUT2D eigenvalue weighted by Crippen LogP contribution is -2.13. The minimum Gasteiger partial charge on any atom is -0.497 e. The molecule has 3 rings (SSSR count). The van der Waals surface area contributed by atoms with E-state index >= 15 is 0 Å². The first kappa shape index (κ1) is 22.6. The number of sulfonamides is 1. The molecular formula is C21H20N4O6S. The van der Waals surface area contributed by atoms with Crippen molar-refractivity contribution in [3.05, 3.63) is 82.4 Å². The summed E-state index contributed by atoms with van der Waals surface area (Å²) in [5.74, 6) is 1.20. The van der Waals surface area contributed by atoms with Crippen LogP contribution in [0.15, 0.2) is 76.7 Å². The van der Waals surface area contributed by atoms with E-state index < -0.39 is 20.6 Å². The Morgan fingerprint density at radius 2 is 1.69 bits per heavy atom. The van der Waals surface area contributed by atoms with Crippen LogP contribution >= 0.6 is 0 Å². The lowest BCUT2D eigenvalue weighted by atomic mass is 10.2. The zero-order valence-corrected chi connectivity index (χ0v) is 18.0. The van der Waals surface area contributed by atoms with E-state index in [1.54, 1.807) is 36.4 Å². The first-order valence-electron chi connectivity index (χ1n) is 9.21. The minimum absolute atomic E-state index is 0.0394. The topological polar surface area (TPSA) is 132 Å². The maximum absolute atomic E-state index is 12.7. The summed E-state index contributed by atoms with van der Waals surface area (Å²) in [4.78, 5) is 10.6. The highest BCUT2D eigenvalue weighted by Crippen LogP contribution is 2.29. The quantitative estimate of drug-likeness (QED) is 0.284. The molecule has 0 aliphatic carbocycles. The van der Waals surface area contributed by atoms with Crippen molar-refractivity contribution in [1.82, 2.24) is 0 Å². The second kappa shape index (κ2) is 9.79. The Balaban J connectivity index is 1.81. The van der Waals surface area contributed by atoms with E-state index in [1.807, 2.05) is 0 Å². The van der Waals surface area contributed by atoms with Gasteiger partial charge in [0.15, 0.2) is 0 Å². The molecule has 0 unspecified atom stereocenters. The third-order valence-corrected chi connectivity index (χ3v) is 5.69. The molecule has 3 aromatic carbocycles. The van der Waals surface area contributed by atoms with E-state index in [0.29, 0.717) is 22.7 Å². The largest absolute Gasteiger partial charge is 0.497 e. The number of nitrogens with one attached hydrogen (secondary N) is 2. The van der Waals surface area contributed by atoms with Gasteiger partial charge in [0.25, 0.3) is 15.7 Å². The third-order valence-electron chi connectivity index (χ3n) is 4.31. The number of hydrogen-bond donors (Lipinski definition) is 2. The number of hydrogen-bond acceptors (Lipinski definition) is 8. The van der Waals surface area contributed by atoms with Crippen LogP contribution in [0.4, 0.5) is 17.1 Å². The molecule has 10 nitrogen and oxygen atoms in total. The van der Waals surface area contributed by atoms with Gasteiger partial charge in [0.05, 0.1) is 30.3 Å². The summed E-state index contributed by atoms with van der Waals surface area (Å²) in [5.41, 5.74) is 3.18. The molecule has 166 valence electrons. The SMILES string of the molecule is COc1ccc(NS(=O)(=O)c2ccc(N/N=C\c3cccc(OC)c3)c([N+](=O)[O-])c2)cc1. The number of nitro benzene ring substituents is 1. The maximum atomic E-state index is 12.7. The fourth-order valence-corrected chi connectivity index (χ4v) is 3.77. The molecule has 0 aromatic heterocycles. The molecule has 0 atom stereocenters. The molecule has 0 fully saturated rings. The predicted octanol–water partition coefficient (Wildman–Crippen LogP) is 3.86. The van der Waals surface area contributed by atoms with Gasteiger partial charge in [0.1, 0.15) is 17.2 Å². The standard InChI is InChI=1S/C21H20N4O6S/c1-30-17-8-6-16(7-9-17)24-32(28,29)19-10-11-20(21(13-19)25(26)27)23-22-14-15-4-3-5-18(12-15)31-2/h3-14,23-24H,1-2H3/b22-14-. The van der Waals surface area contributed by atoms with Gasteiger partial charge in [-0.05, 0) is 54.1 Å². The molecule has 0 saturated carbocycles. The van der Waals surface area contributed by atoms with Crippen LogP contribution in [0.25, 0.3) is 0 Å². The van der Waals surface area contributed by atoms with Gasteiger partial charge < -0.3 is 9.47 Å². The van der Waals surface area contributed by atoms with Crippen LogP contribution in [0.2, 0.25) is 0 Å². The van der Waals surface area contributed by atoms with Crippen molar-refractivity contribution in [2.75, 3.05) is 24.4 Å². The maximum Gasteiger partial charge on any atom is 0.295 e. The van der Waals surface area contributed by atoms with Crippen LogP contribution in [0.1, 0.15) is 5.56 Å². The van der Waals surface area contributed by atoms with E-state index in [2.05, 4.69) is 15.2 Å². The van der Waals surface area contributed by atoms with Gasteiger partial charge in [-0.15, -0.1) is 0 Å². The van der Waals surface area contributed by atoms with Crippen molar-refractivity contribution >= 4 is 33.3 Å². The summed E-state index contributed by atoms with van der Waals surface area (Å²) in [6.07, 6.45) is 1.46. The Hall–Kier alpha value is -4.12. The van der Waals surface area contributed by atoms with Crippen LogP contribution in [0, 0.1) is 10.1 Å². The molecule has 0 aliphatic heterocycles. The first-order chi connectivity index (χ1) is 15.3. The van der Waals surface area contributed by atoms with Gasteiger partial charge in [-0.1, -0.05) is 12.1 Å². The number of hydrazone groups is 1. The van der Waals surface area contributed by atoms with Crippen LogP contribution in [-0.2, 0) is 10.0 Å². The molecular weight excluding hydrogens is 436 g/mol. The molecule has 2 N–H and O–H groups in total. The van der Waals surface area contributed by atoms with Crippen molar-refractivity contribution in [2.24, 2.45) is 5.10 Å². The van der Waals surface area contributed by atoms with E-state index in [4.69, 9.17) is 9.47 Å². The fourth-order valence-electron chi connectivity index (χ4n) is 2.70. The summed E-state index contributed by atoms with van der Waals surface area (Å²) >= 11 is 0. The Bertz CT molecular complexity index is 1240. The van der Waals surface area contributed by atoms with Gasteiger partial charge in [-0.2, -0.15) is 5.10 Å². The molecule has 0 heterocycles. The zero-order valence-electron chi connectivity index (χ0n) is 17.2. The number of anilines is 2. The second-order valence-electron chi connectivity index (χ2n) is 6.42. The Morgan fingerprint density at radius 1 is 0.969 bits per heavy atom. The lowest BCUT2D eigenvalue weighted by Gasteiger charge is -2.10. The van der Waals surface area contributed by atoms with Gasteiger partial charge in [-0.3, -0.25) is 20.3 Å². The summed E-state index contributed by atoms with van der Waals surface area (Å²) in [6.45, 7) is 0. The lowest BCUT2D eigenvalue weighted by molar-refractivity contribution is -0.384. The second-order valence-corrected chi connectivity index (χ2v) is 8.10. The van der Waals surface area contributed by atoms with Crippen molar-refractivity contribution in [3.8, 4) is 11.5 Å². The van der Waals surface area contributed by atoms with Crippen LogP contribution in [0.3, 0.4) is 0 Å². The highest BCUT2D eigenvalue weighted by Gasteiger charge is 2.21. The van der Waals surface area contributed by atoms with Crippen LogP contribution < -0.4 is 19.6 Å². The number of benzene rings is 3. The molecule has 3 aromatic rings. The molecule has 0 bridgehead atoms. The monoisotopic (exact) mass is 456 g/mol. The smallest absolute Gasteiger partial charge is 0.295 e. The van der Waals surface area contributed by atoms with Crippen molar-refractivity contribution < 1.29 is 22.8 Å². The number of rotatable bonds is 9. The van der Waals surface area contributed by atoms with Gasteiger partial charge in [0, 0.05) is 11.8 Å². The third kappa shape index (κ3) is 5.52. The van der Waals surface area contributed by atoms with Crippen LogP contribution in [0.5, 0.6) is 11.5 Å². The van der Waals surface area contributed by atoms with Crippen molar-refractivity contribution in [1.29, 1.82) is 0 Å². The molecule has 0 amide bonds. The Morgan fingerprint density at radius 3 is 2.34 bits per heavy atom. The average molecular weight is 456 g/mol. The average Bonchev–Trinajstić information content (AvgIpc) is 2.79. The Kier molecular flexibility index (Phi) is 6.90. The summed E-state index contributed by atoms with van der Waals surface area (Å²) < 4.78 is 37.9. The van der Waals surface area contributed by atoms with E-state index in [-0.39, 0.29) is 10.6 Å². The van der Waals surface area contributed by atoms with E-state index in [1.165, 1.54) is 44.7 Å². The summed E-state index contributed by atoms with van der Waals surface area (Å²) in [7, 11) is -1.02. The summed E-state index contributed by atoms with van der Waals surface area (Å²) in [5, 5.41) is 15.5. The summed E-state index contributed by atoms with van der Waals surface area (Å²) in [6, 6.07) is 16.8. The molecule has 0 spiro atoms. The van der Waals surface area contributed by atoms with Crippen molar-refractivity contribution in [3.63, 3.8) is 0 Å². The minimum atomic E-state index is -4.05. The molecule has 0 saturated heterocycles. The van der Waals surface area contributed by atoms with Crippen molar-refractivity contribution in [2.45, 2.75) is 4.90 Å². The molecule has 32 heavy (non-hydrogen) atoms. The highest BCUT2D eigenvalue weighted by molar-refractivity contribution is 7.92. The molecule has 0 aliphatic rings. The van der Waals surface area contributed by atoms with E-state index in [0.717, 1.165) is 6.07 Å². The van der Waals surface area contributed by atoms with Gasteiger partial charge in [0.2, 0.25) is 0 Å². The van der Waals surface area contributed by atoms with Crippen LogP contribution in [-0.4, -0.2) is 33.8 Å². The normalized spacial score (nSPS) is 11.2. The number of nitro groups is 1. The first-order valence-corrected chi connectivity index (χ1v) is 10.7. The number of ether oxygens (including phenoxy) is 2. The van der Waals surface area contributed by atoms with E-state index in [9.17, 15) is 18.5 Å². The number of nitrogens with zero attached hydrogens (tertiary/aromatic N) is 2. The predicted molar refractivity (Wildman–Crippen MR) is 121 cm³/mol. The molecule has 11 heteroatoms. The van der Waals surface area contributed by atoms with Gasteiger partial charge >= 0.3 is 0 Å². The highest BCUT2D eigenvalue weighted by atomic mass is 32.2. The Labute approximate surface area is 184 Å². The zero-order chi connectivity index (χ0) is 23.1. The van der Waals surface area contributed by atoms with Gasteiger partial charge in [-0.25, -0.2) is 8.42 Å². The molecule has 0 radical (unpaired) electrons. The fraction of sp³-hybridized carbons (Fsp3) is 0.0952.